The van der Waals surface area contributed by atoms with Gasteiger partial charge in [0.05, 0.1) is 6.54 Å². The van der Waals surface area contributed by atoms with Gasteiger partial charge in [0, 0.05) is 38.8 Å². The van der Waals surface area contributed by atoms with Gasteiger partial charge in [-0.25, -0.2) is 4.39 Å². The van der Waals surface area contributed by atoms with Gasteiger partial charge in [-0.1, -0.05) is 30.3 Å². The normalized spacial score (nSPS) is 15.6. The van der Waals surface area contributed by atoms with Gasteiger partial charge in [-0.15, -0.1) is 0 Å². The summed E-state index contributed by atoms with van der Waals surface area (Å²) < 4.78 is 13.1. The highest BCUT2D eigenvalue weighted by Gasteiger charge is 2.25. The van der Waals surface area contributed by atoms with Gasteiger partial charge in [0.25, 0.3) is 5.91 Å². The number of carbonyl (C=O) groups excluding carboxylic acids is 3. The van der Waals surface area contributed by atoms with E-state index >= 15 is 0 Å². The number of hydrogen-bond acceptors (Lipinski definition) is 4. The van der Waals surface area contributed by atoms with E-state index in [1.54, 1.807) is 17.0 Å². The molecule has 1 saturated heterocycles. The summed E-state index contributed by atoms with van der Waals surface area (Å²) in [6.45, 7) is 2.38. The Balaban J connectivity index is 1.56. The van der Waals surface area contributed by atoms with E-state index in [0.29, 0.717) is 37.3 Å². The molecule has 1 atom stereocenters. The number of halogens is 1. The summed E-state index contributed by atoms with van der Waals surface area (Å²) in [5.41, 5.74) is 1.16. The van der Waals surface area contributed by atoms with Crippen molar-refractivity contribution in [2.24, 2.45) is 0 Å². The molecular weight excluding hydrogens is 399 g/mol. The van der Waals surface area contributed by atoms with Crippen molar-refractivity contribution in [3.63, 3.8) is 0 Å². The lowest BCUT2D eigenvalue weighted by Gasteiger charge is -2.23. The number of amides is 3. The van der Waals surface area contributed by atoms with Crippen LogP contribution in [0.2, 0.25) is 0 Å². The van der Waals surface area contributed by atoms with E-state index in [1.807, 2.05) is 23.1 Å². The van der Waals surface area contributed by atoms with Crippen molar-refractivity contribution in [2.45, 2.75) is 12.5 Å². The second-order valence-electron chi connectivity index (χ2n) is 7.45. The quantitative estimate of drug-likeness (QED) is 0.735. The van der Waals surface area contributed by atoms with Crippen LogP contribution >= 0.6 is 0 Å². The molecule has 0 aliphatic carbocycles. The third kappa shape index (κ3) is 6.11. The first-order chi connectivity index (χ1) is 15.0. The third-order valence-corrected chi connectivity index (χ3v) is 5.28. The Hall–Kier alpha value is -3.26. The Labute approximate surface area is 181 Å². The zero-order valence-electron chi connectivity index (χ0n) is 17.5. The van der Waals surface area contributed by atoms with Crippen LogP contribution in [0.4, 0.5) is 4.39 Å². The monoisotopic (exact) mass is 426 g/mol. The van der Waals surface area contributed by atoms with E-state index in [4.69, 9.17) is 0 Å². The van der Waals surface area contributed by atoms with Crippen LogP contribution < -0.4 is 10.6 Å². The average molecular weight is 426 g/mol. The van der Waals surface area contributed by atoms with E-state index in [0.717, 1.165) is 6.42 Å². The smallest absolute Gasteiger partial charge is 0.253 e. The first-order valence-electron chi connectivity index (χ1n) is 10.3. The van der Waals surface area contributed by atoms with Crippen molar-refractivity contribution in [3.05, 3.63) is 71.5 Å². The number of nitrogens with zero attached hydrogens (tertiary/aromatic N) is 2. The Morgan fingerprint density at radius 2 is 1.68 bits per heavy atom. The average Bonchev–Trinajstić information content (AvgIpc) is 3.03. The highest BCUT2D eigenvalue weighted by molar-refractivity contribution is 5.94. The third-order valence-electron chi connectivity index (χ3n) is 5.28. The van der Waals surface area contributed by atoms with E-state index in [2.05, 4.69) is 10.6 Å². The predicted molar refractivity (Wildman–Crippen MR) is 115 cm³/mol. The van der Waals surface area contributed by atoms with Crippen LogP contribution in [0.3, 0.4) is 0 Å². The van der Waals surface area contributed by atoms with Gasteiger partial charge in [-0.05, 0) is 36.2 Å². The highest BCUT2D eigenvalue weighted by Crippen LogP contribution is 2.14. The summed E-state index contributed by atoms with van der Waals surface area (Å²) >= 11 is 0. The molecule has 1 aliphatic rings. The van der Waals surface area contributed by atoms with E-state index in [1.165, 1.54) is 31.3 Å². The number of hydrogen-bond donors (Lipinski definition) is 2. The molecule has 1 aliphatic heterocycles. The second kappa shape index (κ2) is 10.7. The van der Waals surface area contributed by atoms with Crippen LogP contribution in [0.25, 0.3) is 0 Å². The maximum atomic E-state index is 13.1. The summed E-state index contributed by atoms with van der Waals surface area (Å²) in [5.74, 6) is -1.06. The van der Waals surface area contributed by atoms with Crippen LogP contribution in [-0.2, 0) is 9.59 Å². The number of likely N-dealkylation sites (N-methyl/N-ethyl adjacent to an activating group) is 1. The van der Waals surface area contributed by atoms with E-state index < -0.39 is 6.04 Å². The molecule has 7 nitrogen and oxygen atoms in total. The SMILES string of the molecule is CNC(=O)C(NC(=O)CN1CCCN(C(=O)c2ccc(F)cc2)CC1)c1ccccc1. The lowest BCUT2D eigenvalue weighted by molar-refractivity contribution is -0.129. The largest absolute Gasteiger partial charge is 0.357 e. The van der Waals surface area contributed by atoms with Crippen LogP contribution in [0.15, 0.2) is 54.6 Å². The summed E-state index contributed by atoms with van der Waals surface area (Å²) in [4.78, 5) is 41.3. The minimum Gasteiger partial charge on any atom is -0.357 e. The van der Waals surface area contributed by atoms with Crippen LogP contribution in [0.5, 0.6) is 0 Å². The zero-order chi connectivity index (χ0) is 22.2. The molecule has 2 N–H and O–H groups in total. The van der Waals surface area contributed by atoms with Gasteiger partial charge >= 0.3 is 0 Å². The highest BCUT2D eigenvalue weighted by atomic mass is 19.1. The summed E-state index contributed by atoms with van der Waals surface area (Å²) in [6.07, 6.45) is 0.720. The van der Waals surface area contributed by atoms with Gasteiger partial charge in [-0.3, -0.25) is 19.3 Å². The van der Waals surface area contributed by atoms with Gasteiger partial charge in [-0.2, -0.15) is 0 Å². The molecule has 1 heterocycles. The molecule has 2 aromatic rings. The Kier molecular flexibility index (Phi) is 7.72. The van der Waals surface area contributed by atoms with E-state index in [-0.39, 0.29) is 30.1 Å². The van der Waals surface area contributed by atoms with Crippen molar-refractivity contribution in [1.29, 1.82) is 0 Å². The molecule has 0 bridgehead atoms. The second-order valence-corrected chi connectivity index (χ2v) is 7.45. The van der Waals surface area contributed by atoms with Gasteiger partial charge < -0.3 is 15.5 Å². The Bertz CT molecular complexity index is 905. The van der Waals surface area contributed by atoms with Crippen molar-refractivity contribution in [1.82, 2.24) is 20.4 Å². The first kappa shape index (κ1) is 22.4. The van der Waals surface area contributed by atoms with Crippen LogP contribution in [0, 0.1) is 5.82 Å². The van der Waals surface area contributed by atoms with Gasteiger partial charge in [0.2, 0.25) is 11.8 Å². The fraction of sp³-hybridized carbons (Fsp3) is 0.348. The molecule has 31 heavy (non-hydrogen) atoms. The molecule has 0 aromatic heterocycles. The lowest BCUT2D eigenvalue weighted by Crippen LogP contribution is -2.44. The fourth-order valence-corrected chi connectivity index (χ4v) is 3.61. The molecule has 3 amide bonds. The Morgan fingerprint density at radius 3 is 2.35 bits per heavy atom. The van der Waals surface area contributed by atoms with Gasteiger partial charge in [0.1, 0.15) is 11.9 Å². The lowest BCUT2D eigenvalue weighted by atomic mass is 10.1. The van der Waals surface area contributed by atoms with Crippen LogP contribution in [-0.4, -0.2) is 67.3 Å². The van der Waals surface area contributed by atoms with Crippen molar-refractivity contribution in [2.75, 3.05) is 39.8 Å². The zero-order valence-corrected chi connectivity index (χ0v) is 17.5. The molecule has 0 radical (unpaired) electrons. The molecule has 0 saturated carbocycles. The topological polar surface area (TPSA) is 81.8 Å². The predicted octanol–water partition coefficient (Wildman–Crippen LogP) is 1.58. The van der Waals surface area contributed by atoms with Gasteiger partial charge in [0.15, 0.2) is 0 Å². The van der Waals surface area contributed by atoms with Crippen molar-refractivity contribution >= 4 is 17.7 Å². The number of carbonyl (C=O) groups is 3. The minimum atomic E-state index is -0.762. The molecule has 1 fully saturated rings. The molecule has 0 spiro atoms. The number of benzene rings is 2. The van der Waals surface area contributed by atoms with Crippen molar-refractivity contribution in [3.8, 4) is 0 Å². The summed E-state index contributed by atoms with van der Waals surface area (Å²) in [6, 6.07) is 13.8. The molecule has 164 valence electrons. The fourth-order valence-electron chi connectivity index (χ4n) is 3.61. The molecule has 3 rings (SSSR count). The van der Waals surface area contributed by atoms with Crippen molar-refractivity contribution < 1.29 is 18.8 Å². The number of rotatable bonds is 6. The molecule has 1 unspecified atom stereocenters. The summed E-state index contributed by atoms with van der Waals surface area (Å²) in [7, 11) is 1.53. The molecule has 8 heteroatoms. The minimum absolute atomic E-state index is 0.138. The van der Waals surface area contributed by atoms with E-state index in [9.17, 15) is 18.8 Å². The molecular formula is C23H27FN4O3. The Morgan fingerprint density at radius 1 is 0.968 bits per heavy atom. The first-order valence-corrected chi connectivity index (χ1v) is 10.3. The van der Waals surface area contributed by atoms with Crippen LogP contribution in [0.1, 0.15) is 28.4 Å². The summed E-state index contributed by atoms with van der Waals surface area (Å²) in [5, 5.41) is 5.39. The molecule has 2 aromatic carbocycles. The number of nitrogens with one attached hydrogen (secondary N) is 2. The maximum Gasteiger partial charge on any atom is 0.253 e. The standard InChI is InChI=1S/C23H27FN4O3/c1-25-22(30)21(17-6-3-2-4-7-17)26-20(29)16-27-12-5-13-28(15-14-27)23(31)18-8-10-19(24)11-9-18/h2-4,6-11,21H,5,12-16H2,1H3,(H,25,30)(H,26,29). The maximum absolute atomic E-state index is 13.1.